The van der Waals surface area contributed by atoms with Gasteiger partial charge in [0, 0.05) is 12.1 Å². The third kappa shape index (κ3) is 6.29. The maximum Gasteiger partial charge on any atom is 0.303 e. The Morgan fingerprint density at radius 1 is 1.26 bits per heavy atom. The van der Waals surface area contributed by atoms with Crippen molar-refractivity contribution in [3.8, 4) is 0 Å². The highest BCUT2D eigenvalue weighted by atomic mass is 32.2. The van der Waals surface area contributed by atoms with Gasteiger partial charge in [0.15, 0.2) is 0 Å². The molecule has 2 N–H and O–H groups in total. The summed E-state index contributed by atoms with van der Waals surface area (Å²) in [5.74, 6) is 0.197. The minimum absolute atomic E-state index is 0.0522. The monoisotopic (exact) mass is 281 g/mol. The highest BCUT2D eigenvalue weighted by Gasteiger charge is 2.04. The van der Waals surface area contributed by atoms with Gasteiger partial charge in [0.25, 0.3) is 0 Å². The zero-order valence-corrected chi connectivity index (χ0v) is 12.0. The highest BCUT2D eigenvalue weighted by molar-refractivity contribution is 7.99. The van der Waals surface area contributed by atoms with Crippen molar-refractivity contribution in [2.24, 2.45) is 0 Å². The Balaban J connectivity index is 2.27. The lowest BCUT2D eigenvalue weighted by molar-refractivity contribution is -0.137. The van der Waals surface area contributed by atoms with Crippen molar-refractivity contribution in [1.82, 2.24) is 0 Å². The first-order valence-electron chi connectivity index (χ1n) is 6.15. The van der Waals surface area contributed by atoms with Crippen LogP contribution in [0.15, 0.2) is 18.2 Å². The molecule has 1 aromatic carbocycles. The van der Waals surface area contributed by atoms with Gasteiger partial charge in [-0.05, 0) is 49.3 Å². The molecule has 0 spiro atoms. The second-order valence-corrected chi connectivity index (χ2v) is 5.50. The van der Waals surface area contributed by atoms with Crippen LogP contribution in [0.5, 0.6) is 0 Å². The summed E-state index contributed by atoms with van der Waals surface area (Å²) < 4.78 is 0. The van der Waals surface area contributed by atoms with Crippen LogP contribution in [0.4, 0.5) is 5.69 Å². The van der Waals surface area contributed by atoms with Crippen LogP contribution in [0.25, 0.3) is 0 Å². The number of anilines is 1. The molecule has 0 bridgehead atoms. The molecule has 0 aliphatic carbocycles. The molecule has 0 aliphatic rings. The number of carbonyl (C=O) groups excluding carboxylic acids is 1. The van der Waals surface area contributed by atoms with Gasteiger partial charge in [-0.3, -0.25) is 9.59 Å². The Morgan fingerprint density at radius 3 is 2.63 bits per heavy atom. The van der Waals surface area contributed by atoms with Gasteiger partial charge in [0.1, 0.15) is 0 Å². The second kappa shape index (κ2) is 7.84. The SMILES string of the molecule is Cc1ccc(NC(=O)CSCCCC(=O)O)cc1C. The summed E-state index contributed by atoms with van der Waals surface area (Å²) in [6, 6.07) is 5.81. The van der Waals surface area contributed by atoms with E-state index in [0.717, 1.165) is 11.3 Å². The number of carboxylic acid groups (broad SMARTS) is 1. The molecule has 0 heterocycles. The molecule has 19 heavy (non-hydrogen) atoms. The summed E-state index contributed by atoms with van der Waals surface area (Å²) in [7, 11) is 0. The molecule has 5 heteroatoms. The van der Waals surface area contributed by atoms with Crippen LogP contribution in [0, 0.1) is 13.8 Å². The number of rotatable bonds is 7. The number of hydrogen-bond acceptors (Lipinski definition) is 3. The summed E-state index contributed by atoms with van der Waals surface area (Å²) in [5.41, 5.74) is 3.15. The van der Waals surface area contributed by atoms with Crippen LogP contribution in [-0.4, -0.2) is 28.5 Å². The van der Waals surface area contributed by atoms with Crippen LogP contribution in [0.3, 0.4) is 0 Å². The predicted molar refractivity (Wildman–Crippen MR) is 78.7 cm³/mol. The molecule has 0 atom stereocenters. The van der Waals surface area contributed by atoms with E-state index in [1.54, 1.807) is 0 Å². The molecule has 4 nitrogen and oxygen atoms in total. The number of hydrogen-bond donors (Lipinski definition) is 2. The van der Waals surface area contributed by atoms with E-state index >= 15 is 0 Å². The van der Waals surface area contributed by atoms with Crippen LogP contribution in [-0.2, 0) is 9.59 Å². The van der Waals surface area contributed by atoms with Gasteiger partial charge in [-0.2, -0.15) is 11.8 Å². The summed E-state index contributed by atoms with van der Waals surface area (Å²) in [6.07, 6.45) is 0.753. The molecule has 0 unspecified atom stereocenters. The topological polar surface area (TPSA) is 66.4 Å². The Kier molecular flexibility index (Phi) is 6.42. The zero-order valence-electron chi connectivity index (χ0n) is 11.2. The molecule has 1 amide bonds. The highest BCUT2D eigenvalue weighted by Crippen LogP contribution is 2.14. The van der Waals surface area contributed by atoms with Crippen LogP contribution < -0.4 is 5.32 Å². The normalized spacial score (nSPS) is 10.2. The summed E-state index contributed by atoms with van der Waals surface area (Å²) >= 11 is 1.45. The molecule has 104 valence electrons. The van der Waals surface area contributed by atoms with Crippen LogP contribution in [0.1, 0.15) is 24.0 Å². The van der Waals surface area contributed by atoms with Crippen molar-refractivity contribution in [3.05, 3.63) is 29.3 Å². The first-order chi connectivity index (χ1) is 8.99. The number of thioether (sulfide) groups is 1. The quantitative estimate of drug-likeness (QED) is 0.754. The van der Waals surface area contributed by atoms with E-state index in [1.165, 1.54) is 17.3 Å². The van der Waals surface area contributed by atoms with Crippen molar-refractivity contribution in [3.63, 3.8) is 0 Å². The van der Waals surface area contributed by atoms with Gasteiger partial charge in [0.2, 0.25) is 5.91 Å². The molecule has 1 aromatic rings. The van der Waals surface area contributed by atoms with Crippen molar-refractivity contribution in [2.75, 3.05) is 16.8 Å². The van der Waals surface area contributed by atoms with Gasteiger partial charge in [-0.15, -0.1) is 0 Å². The fourth-order valence-corrected chi connectivity index (χ4v) is 2.26. The number of amides is 1. The number of benzene rings is 1. The van der Waals surface area contributed by atoms with E-state index in [4.69, 9.17) is 5.11 Å². The number of aryl methyl sites for hydroxylation is 2. The van der Waals surface area contributed by atoms with Gasteiger partial charge in [-0.1, -0.05) is 6.07 Å². The average molecular weight is 281 g/mol. The first kappa shape index (κ1) is 15.6. The third-order valence-electron chi connectivity index (χ3n) is 2.70. The summed E-state index contributed by atoms with van der Waals surface area (Å²) in [5, 5.41) is 11.3. The van der Waals surface area contributed by atoms with Crippen LogP contribution in [0.2, 0.25) is 0 Å². The third-order valence-corrected chi connectivity index (χ3v) is 3.75. The van der Waals surface area contributed by atoms with Gasteiger partial charge >= 0.3 is 5.97 Å². The lowest BCUT2D eigenvalue weighted by atomic mass is 10.1. The maximum atomic E-state index is 11.7. The van der Waals surface area contributed by atoms with Crippen LogP contribution >= 0.6 is 11.8 Å². The average Bonchev–Trinajstić information content (AvgIpc) is 2.33. The largest absolute Gasteiger partial charge is 0.481 e. The Hall–Kier alpha value is -1.49. The van der Waals surface area contributed by atoms with E-state index in [1.807, 2.05) is 32.0 Å². The fourth-order valence-electron chi connectivity index (χ4n) is 1.51. The summed E-state index contributed by atoms with van der Waals surface area (Å²) in [6.45, 7) is 4.03. The van der Waals surface area contributed by atoms with Gasteiger partial charge in [0.05, 0.1) is 5.75 Å². The van der Waals surface area contributed by atoms with Crippen molar-refractivity contribution in [2.45, 2.75) is 26.7 Å². The number of carbonyl (C=O) groups is 2. The van der Waals surface area contributed by atoms with Crippen molar-refractivity contribution >= 4 is 29.3 Å². The van der Waals surface area contributed by atoms with E-state index in [9.17, 15) is 9.59 Å². The van der Waals surface area contributed by atoms with Crippen molar-refractivity contribution in [1.29, 1.82) is 0 Å². The fraction of sp³-hybridized carbons (Fsp3) is 0.429. The standard InChI is InChI=1S/C14H19NO3S/c1-10-5-6-12(8-11(10)2)15-13(16)9-19-7-3-4-14(17)18/h5-6,8H,3-4,7,9H2,1-2H3,(H,15,16)(H,17,18). The molecule has 0 aliphatic heterocycles. The van der Waals surface area contributed by atoms with Gasteiger partial charge < -0.3 is 10.4 Å². The summed E-state index contributed by atoms with van der Waals surface area (Å²) in [4.78, 5) is 22.0. The minimum atomic E-state index is -0.791. The predicted octanol–water partition coefficient (Wildman–Crippen LogP) is 2.84. The molecular formula is C14H19NO3S. The number of carboxylic acids is 1. The number of nitrogens with one attached hydrogen (secondary N) is 1. The van der Waals surface area contributed by atoms with Crippen molar-refractivity contribution < 1.29 is 14.7 Å². The van der Waals surface area contributed by atoms with E-state index in [-0.39, 0.29) is 12.3 Å². The molecule has 0 aromatic heterocycles. The molecule has 0 fully saturated rings. The lowest BCUT2D eigenvalue weighted by Crippen LogP contribution is -2.14. The molecular weight excluding hydrogens is 262 g/mol. The maximum absolute atomic E-state index is 11.7. The lowest BCUT2D eigenvalue weighted by Gasteiger charge is -2.07. The molecule has 0 radical (unpaired) electrons. The smallest absolute Gasteiger partial charge is 0.303 e. The second-order valence-electron chi connectivity index (χ2n) is 4.40. The Morgan fingerprint density at radius 2 is 2.00 bits per heavy atom. The minimum Gasteiger partial charge on any atom is -0.481 e. The first-order valence-corrected chi connectivity index (χ1v) is 7.31. The van der Waals surface area contributed by atoms with E-state index in [0.29, 0.717) is 17.9 Å². The molecule has 0 saturated heterocycles. The van der Waals surface area contributed by atoms with E-state index < -0.39 is 5.97 Å². The molecule has 0 saturated carbocycles. The zero-order chi connectivity index (χ0) is 14.3. The Labute approximate surface area is 117 Å². The van der Waals surface area contributed by atoms with Gasteiger partial charge in [-0.25, -0.2) is 0 Å². The Bertz CT molecular complexity index is 460. The number of aliphatic carboxylic acids is 1. The van der Waals surface area contributed by atoms with E-state index in [2.05, 4.69) is 5.32 Å². The molecule has 1 rings (SSSR count).